The Hall–Kier alpha value is -1.42. The monoisotopic (exact) mass is 239 g/mol. The molecule has 0 atom stereocenters. The van der Waals surface area contributed by atoms with E-state index in [0.717, 1.165) is 13.0 Å². The normalized spacial score (nSPS) is 10.4. The smallest absolute Gasteiger partial charge is 0.161 e. The third-order valence-electron chi connectivity index (χ3n) is 2.54. The van der Waals surface area contributed by atoms with Gasteiger partial charge in [-0.3, -0.25) is 4.79 Å². The van der Waals surface area contributed by atoms with E-state index in [2.05, 4.69) is 0 Å². The van der Waals surface area contributed by atoms with Crippen molar-refractivity contribution in [2.24, 2.45) is 0 Å². The number of aliphatic hydroxyl groups excluding tert-OH is 1. The number of Topliss-reactive ketones (excluding diaryl/α,β-unsaturated/α-hetero) is 1. The van der Waals surface area contributed by atoms with Crippen molar-refractivity contribution in [3.8, 4) is 0 Å². The van der Waals surface area contributed by atoms with Crippen molar-refractivity contribution >= 4 is 11.5 Å². The van der Waals surface area contributed by atoms with Crippen LogP contribution in [0.25, 0.3) is 0 Å². The molecule has 0 heterocycles. The lowest BCUT2D eigenvalue weighted by Crippen LogP contribution is -2.28. The van der Waals surface area contributed by atoms with Crippen LogP contribution in [-0.2, 0) is 0 Å². The number of carbonyl (C=O) groups is 1. The SMILES string of the molecule is CCCN(CCO)c1ccc(F)cc1C(C)=O. The van der Waals surface area contributed by atoms with Gasteiger partial charge in [0.25, 0.3) is 0 Å². The van der Waals surface area contributed by atoms with Gasteiger partial charge < -0.3 is 10.0 Å². The van der Waals surface area contributed by atoms with E-state index in [4.69, 9.17) is 5.11 Å². The average Bonchev–Trinajstić information content (AvgIpc) is 2.28. The molecular weight excluding hydrogens is 221 g/mol. The molecule has 0 saturated carbocycles. The third kappa shape index (κ3) is 3.53. The molecule has 0 aromatic heterocycles. The molecule has 0 fully saturated rings. The molecule has 0 radical (unpaired) electrons. The Labute approximate surface area is 101 Å². The molecule has 94 valence electrons. The summed E-state index contributed by atoms with van der Waals surface area (Å²) in [4.78, 5) is 13.4. The van der Waals surface area contributed by atoms with Gasteiger partial charge in [-0.25, -0.2) is 4.39 Å². The largest absolute Gasteiger partial charge is 0.395 e. The van der Waals surface area contributed by atoms with Crippen molar-refractivity contribution in [1.29, 1.82) is 0 Å². The number of ketones is 1. The van der Waals surface area contributed by atoms with Gasteiger partial charge >= 0.3 is 0 Å². The highest BCUT2D eigenvalue weighted by Crippen LogP contribution is 2.22. The zero-order valence-corrected chi connectivity index (χ0v) is 10.2. The number of benzene rings is 1. The van der Waals surface area contributed by atoms with E-state index >= 15 is 0 Å². The number of nitrogens with zero attached hydrogens (tertiary/aromatic N) is 1. The molecular formula is C13H18FNO2. The van der Waals surface area contributed by atoms with Crippen LogP contribution in [0.2, 0.25) is 0 Å². The van der Waals surface area contributed by atoms with Gasteiger partial charge in [-0.1, -0.05) is 6.92 Å². The summed E-state index contributed by atoms with van der Waals surface area (Å²) < 4.78 is 13.1. The van der Waals surface area contributed by atoms with Gasteiger partial charge in [0.1, 0.15) is 5.82 Å². The fourth-order valence-corrected chi connectivity index (χ4v) is 1.81. The predicted octanol–water partition coefficient (Wildman–Crippen LogP) is 2.24. The van der Waals surface area contributed by atoms with Gasteiger partial charge in [0.2, 0.25) is 0 Å². The molecule has 1 aromatic carbocycles. The predicted molar refractivity (Wildman–Crippen MR) is 66.0 cm³/mol. The molecule has 17 heavy (non-hydrogen) atoms. The van der Waals surface area contributed by atoms with Crippen LogP contribution in [0.4, 0.5) is 10.1 Å². The highest BCUT2D eigenvalue weighted by molar-refractivity contribution is 5.99. The first-order chi connectivity index (χ1) is 8.10. The number of hydrogen-bond donors (Lipinski definition) is 1. The van der Waals surface area contributed by atoms with Crippen LogP contribution >= 0.6 is 0 Å². The van der Waals surface area contributed by atoms with Gasteiger partial charge in [0, 0.05) is 24.3 Å². The summed E-state index contributed by atoms with van der Waals surface area (Å²) in [6.45, 7) is 4.61. The highest BCUT2D eigenvalue weighted by atomic mass is 19.1. The fourth-order valence-electron chi connectivity index (χ4n) is 1.81. The van der Waals surface area contributed by atoms with Gasteiger partial charge in [0.15, 0.2) is 5.78 Å². The van der Waals surface area contributed by atoms with Crippen molar-refractivity contribution in [3.05, 3.63) is 29.6 Å². The molecule has 0 bridgehead atoms. The molecule has 0 aliphatic carbocycles. The van der Waals surface area contributed by atoms with E-state index < -0.39 is 5.82 Å². The fraction of sp³-hybridized carbons (Fsp3) is 0.462. The van der Waals surface area contributed by atoms with E-state index in [1.807, 2.05) is 11.8 Å². The van der Waals surface area contributed by atoms with E-state index in [1.54, 1.807) is 6.07 Å². The maximum atomic E-state index is 13.1. The average molecular weight is 239 g/mol. The molecule has 0 aliphatic rings. The lowest BCUT2D eigenvalue weighted by Gasteiger charge is -2.25. The van der Waals surface area contributed by atoms with E-state index in [9.17, 15) is 9.18 Å². The van der Waals surface area contributed by atoms with Crippen LogP contribution < -0.4 is 4.90 Å². The van der Waals surface area contributed by atoms with Gasteiger partial charge in [0.05, 0.1) is 6.61 Å². The Balaban J connectivity index is 3.12. The van der Waals surface area contributed by atoms with E-state index in [-0.39, 0.29) is 12.4 Å². The number of carbonyl (C=O) groups excluding carboxylic acids is 1. The number of rotatable bonds is 6. The van der Waals surface area contributed by atoms with Crippen LogP contribution in [0.5, 0.6) is 0 Å². The van der Waals surface area contributed by atoms with Crippen LogP contribution in [-0.4, -0.2) is 30.6 Å². The summed E-state index contributed by atoms with van der Waals surface area (Å²) in [5.74, 6) is -0.585. The first-order valence-electron chi connectivity index (χ1n) is 5.76. The minimum Gasteiger partial charge on any atom is -0.395 e. The Kier molecular flexibility index (Phi) is 5.10. The second-order valence-electron chi connectivity index (χ2n) is 3.93. The molecule has 0 saturated heterocycles. The van der Waals surface area contributed by atoms with Crippen molar-refractivity contribution in [2.75, 3.05) is 24.6 Å². The van der Waals surface area contributed by atoms with Gasteiger partial charge in [-0.2, -0.15) is 0 Å². The summed E-state index contributed by atoms with van der Waals surface area (Å²) in [5.41, 5.74) is 1.06. The molecule has 3 nitrogen and oxygen atoms in total. The summed E-state index contributed by atoms with van der Waals surface area (Å²) in [6, 6.07) is 4.18. The minimum absolute atomic E-state index is 0.00865. The standard InChI is InChI=1S/C13H18FNO2/c1-3-6-15(7-8-16)13-5-4-11(14)9-12(13)10(2)17/h4-5,9,16H,3,6-8H2,1-2H3. The van der Waals surface area contributed by atoms with E-state index in [0.29, 0.717) is 17.8 Å². The van der Waals surface area contributed by atoms with Gasteiger partial charge in [-0.15, -0.1) is 0 Å². The first-order valence-corrected chi connectivity index (χ1v) is 5.76. The number of halogens is 1. The summed E-state index contributed by atoms with van der Waals surface area (Å²) >= 11 is 0. The van der Waals surface area contributed by atoms with Crippen LogP contribution in [0.15, 0.2) is 18.2 Å². The third-order valence-corrected chi connectivity index (χ3v) is 2.54. The zero-order chi connectivity index (χ0) is 12.8. The zero-order valence-electron chi connectivity index (χ0n) is 10.2. The molecule has 0 amide bonds. The first kappa shape index (κ1) is 13.6. The summed E-state index contributed by atoms with van der Waals surface area (Å²) in [5, 5.41) is 9.01. The van der Waals surface area contributed by atoms with Crippen molar-refractivity contribution in [3.63, 3.8) is 0 Å². The lowest BCUT2D eigenvalue weighted by atomic mass is 10.1. The second kappa shape index (κ2) is 6.35. The van der Waals surface area contributed by atoms with Crippen LogP contribution in [0.1, 0.15) is 30.6 Å². The Bertz CT molecular complexity index is 387. The molecule has 4 heteroatoms. The molecule has 1 rings (SSSR count). The van der Waals surface area contributed by atoms with Crippen LogP contribution in [0.3, 0.4) is 0 Å². The number of aliphatic hydroxyl groups is 1. The lowest BCUT2D eigenvalue weighted by molar-refractivity contribution is 0.101. The summed E-state index contributed by atoms with van der Waals surface area (Å²) in [6.07, 6.45) is 0.898. The molecule has 0 spiro atoms. The Morgan fingerprint density at radius 2 is 2.12 bits per heavy atom. The molecule has 1 N–H and O–H groups in total. The van der Waals surface area contributed by atoms with Gasteiger partial charge in [-0.05, 0) is 31.5 Å². The highest BCUT2D eigenvalue weighted by Gasteiger charge is 2.14. The van der Waals surface area contributed by atoms with Crippen molar-refractivity contribution in [2.45, 2.75) is 20.3 Å². The minimum atomic E-state index is -0.417. The van der Waals surface area contributed by atoms with Crippen molar-refractivity contribution < 1.29 is 14.3 Å². The molecule has 1 aromatic rings. The number of hydrogen-bond acceptors (Lipinski definition) is 3. The van der Waals surface area contributed by atoms with E-state index in [1.165, 1.54) is 19.1 Å². The van der Waals surface area contributed by atoms with Crippen molar-refractivity contribution in [1.82, 2.24) is 0 Å². The Morgan fingerprint density at radius 1 is 1.41 bits per heavy atom. The topological polar surface area (TPSA) is 40.5 Å². The Morgan fingerprint density at radius 3 is 2.65 bits per heavy atom. The molecule has 0 aliphatic heterocycles. The summed E-state index contributed by atoms with van der Waals surface area (Å²) in [7, 11) is 0. The second-order valence-corrected chi connectivity index (χ2v) is 3.93. The number of anilines is 1. The maximum absolute atomic E-state index is 13.1. The molecule has 0 unspecified atom stereocenters. The quantitative estimate of drug-likeness (QED) is 0.774. The maximum Gasteiger partial charge on any atom is 0.161 e. The van der Waals surface area contributed by atoms with Crippen LogP contribution in [0, 0.1) is 5.82 Å².